The Morgan fingerprint density at radius 3 is 2.05 bits per heavy atom. The van der Waals surface area contributed by atoms with Crippen molar-refractivity contribution in [2.75, 3.05) is 13.1 Å². The van der Waals surface area contributed by atoms with Gasteiger partial charge in [0.05, 0.1) is 5.69 Å². The second-order valence-corrected chi connectivity index (χ2v) is 5.32. The molecule has 3 heteroatoms. The topological polar surface area (TPSA) is 36.4 Å². The minimum absolute atomic E-state index is 0.887. The Bertz CT molecular complexity index is 580. The third kappa shape index (κ3) is 4.09. The predicted octanol–water partition coefficient (Wildman–Crippen LogP) is 3.04. The van der Waals surface area contributed by atoms with Crippen molar-refractivity contribution >= 4 is 11.6 Å². The highest BCUT2D eigenvalue weighted by Gasteiger charge is 2.03. The zero-order chi connectivity index (χ0) is 14.3. The first kappa shape index (κ1) is 13.7. The van der Waals surface area contributed by atoms with Crippen LogP contribution >= 0.6 is 0 Å². The first-order chi connectivity index (χ1) is 10.4. The van der Waals surface area contributed by atoms with Crippen LogP contribution in [-0.2, 0) is 12.8 Å². The van der Waals surface area contributed by atoms with E-state index in [1.165, 1.54) is 11.1 Å². The largest absolute Gasteiger partial charge is 0.356 e. The van der Waals surface area contributed by atoms with Crippen LogP contribution in [0.3, 0.4) is 0 Å². The zero-order valence-corrected chi connectivity index (χ0v) is 12.2. The number of aliphatic imine (C=N–C) groups is 1. The molecule has 0 amide bonds. The average Bonchev–Trinajstić information content (AvgIpc) is 2.56. The Balaban J connectivity index is 1.59. The summed E-state index contributed by atoms with van der Waals surface area (Å²) in [7, 11) is 0. The van der Waals surface area contributed by atoms with E-state index in [-0.39, 0.29) is 0 Å². The van der Waals surface area contributed by atoms with E-state index in [1.54, 1.807) is 0 Å². The third-order valence-corrected chi connectivity index (χ3v) is 3.66. The molecule has 3 nitrogen and oxygen atoms in total. The van der Waals surface area contributed by atoms with Crippen LogP contribution in [0.5, 0.6) is 0 Å². The molecule has 0 spiro atoms. The van der Waals surface area contributed by atoms with Gasteiger partial charge in [0, 0.05) is 13.1 Å². The summed E-state index contributed by atoms with van der Waals surface area (Å²) in [6.45, 7) is 2.00. The SMILES string of the molecule is c1ccc(CCc2ccc(N=C3NCCCN3)cc2)cc1. The Morgan fingerprint density at radius 1 is 0.762 bits per heavy atom. The van der Waals surface area contributed by atoms with Gasteiger partial charge in [-0.3, -0.25) is 0 Å². The highest BCUT2D eigenvalue weighted by atomic mass is 15.2. The second-order valence-electron chi connectivity index (χ2n) is 5.32. The van der Waals surface area contributed by atoms with Crippen LogP contribution in [0.2, 0.25) is 0 Å². The monoisotopic (exact) mass is 279 g/mol. The summed E-state index contributed by atoms with van der Waals surface area (Å²) in [6.07, 6.45) is 3.30. The third-order valence-electron chi connectivity index (χ3n) is 3.66. The standard InChI is InChI=1S/C18H21N3/c1-2-5-15(6-3-1)7-8-16-9-11-17(12-10-16)21-18-19-13-4-14-20-18/h1-3,5-6,9-12H,4,7-8,13-14H2,(H2,19,20,21). The Morgan fingerprint density at radius 2 is 1.38 bits per heavy atom. The van der Waals surface area contributed by atoms with Crippen molar-refractivity contribution in [3.8, 4) is 0 Å². The summed E-state index contributed by atoms with van der Waals surface area (Å²) in [5.74, 6) is 0.887. The number of rotatable bonds is 4. The van der Waals surface area contributed by atoms with Crippen LogP contribution < -0.4 is 10.6 Å². The lowest BCUT2D eigenvalue weighted by Gasteiger charge is -2.17. The molecule has 108 valence electrons. The summed E-state index contributed by atoms with van der Waals surface area (Å²) in [4.78, 5) is 4.57. The fraction of sp³-hybridized carbons (Fsp3) is 0.278. The molecule has 1 fully saturated rings. The van der Waals surface area contributed by atoms with Gasteiger partial charge in [0.2, 0.25) is 0 Å². The van der Waals surface area contributed by atoms with Crippen LogP contribution in [0.4, 0.5) is 5.69 Å². The van der Waals surface area contributed by atoms with Crippen molar-refractivity contribution in [1.82, 2.24) is 10.6 Å². The molecule has 0 bridgehead atoms. The number of nitrogens with zero attached hydrogens (tertiary/aromatic N) is 1. The van der Waals surface area contributed by atoms with Gasteiger partial charge in [-0.2, -0.15) is 0 Å². The molecule has 1 heterocycles. The van der Waals surface area contributed by atoms with Crippen molar-refractivity contribution in [3.05, 3.63) is 65.7 Å². The van der Waals surface area contributed by atoms with Crippen LogP contribution in [0.15, 0.2) is 59.6 Å². The Labute approximate surface area is 126 Å². The highest BCUT2D eigenvalue weighted by Crippen LogP contribution is 2.15. The first-order valence-corrected chi connectivity index (χ1v) is 7.59. The molecule has 0 unspecified atom stereocenters. The lowest BCUT2D eigenvalue weighted by atomic mass is 10.0. The van der Waals surface area contributed by atoms with Gasteiger partial charge in [0.25, 0.3) is 0 Å². The molecule has 3 rings (SSSR count). The fourth-order valence-corrected chi connectivity index (χ4v) is 2.44. The van der Waals surface area contributed by atoms with Crippen LogP contribution in [0.25, 0.3) is 0 Å². The van der Waals surface area contributed by atoms with Gasteiger partial charge in [-0.15, -0.1) is 0 Å². The summed E-state index contributed by atoms with van der Waals surface area (Å²) in [6, 6.07) is 19.1. The highest BCUT2D eigenvalue weighted by molar-refractivity contribution is 5.83. The number of guanidine groups is 1. The zero-order valence-electron chi connectivity index (χ0n) is 12.2. The van der Waals surface area contributed by atoms with Crippen LogP contribution in [0.1, 0.15) is 17.5 Å². The summed E-state index contributed by atoms with van der Waals surface area (Å²) < 4.78 is 0. The maximum absolute atomic E-state index is 4.57. The van der Waals surface area contributed by atoms with E-state index in [0.29, 0.717) is 0 Å². The van der Waals surface area contributed by atoms with Gasteiger partial charge >= 0.3 is 0 Å². The number of benzene rings is 2. The van der Waals surface area contributed by atoms with E-state index in [9.17, 15) is 0 Å². The predicted molar refractivity (Wildman–Crippen MR) is 88.0 cm³/mol. The van der Waals surface area contributed by atoms with Crippen molar-refractivity contribution in [1.29, 1.82) is 0 Å². The molecule has 0 saturated carbocycles. The maximum Gasteiger partial charge on any atom is 0.196 e. The minimum atomic E-state index is 0.887. The molecule has 2 aromatic carbocycles. The normalized spacial score (nSPS) is 14.2. The molecule has 0 radical (unpaired) electrons. The molecule has 2 N–H and O–H groups in total. The van der Waals surface area contributed by atoms with E-state index >= 15 is 0 Å². The van der Waals surface area contributed by atoms with E-state index in [0.717, 1.165) is 44.0 Å². The van der Waals surface area contributed by atoms with E-state index in [1.807, 2.05) is 0 Å². The lowest BCUT2D eigenvalue weighted by Crippen LogP contribution is -2.43. The number of hydrogen-bond donors (Lipinski definition) is 2. The van der Waals surface area contributed by atoms with Gasteiger partial charge in [-0.1, -0.05) is 42.5 Å². The summed E-state index contributed by atoms with van der Waals surface area (Å²) in [5, 5.41) is 6.54. The minimum Gasteiger partial charge on any atom is -0.356 e. The van der Waals surface area contributed by atoms with Crippen molar-refractivity contribution in [2.24, 2.45) is 4.99 Å². The number of hydrogen-bond acceptors (Lipinski definition) is 1. The fourth-order valence-electron chi connectivity index (χ4n) is 2.44. The van der Waals surface area contributed by atoms with E-state index in [4.69, 9.17) is 0 Å². The second kappa shape index (κ2) is 6.93. The van der Waals surface area contributed by atoms with Gasteiger partial charge in [-0.05, 0) is 42.5 Å². The summed E-state index contributed by atoms with van der Waals surface area (Å²) >= 11 is 0. The molecule has 21 heavy (non-hydrogen) atoms. The molecule has 1 aliphatic heterocycles. The molecule has 2 aromatic rings. The maximum atomic E-state index is 4.57. The van der Waals surface area contributed by atoms with E-state index < -0.39 is 0 Å². The molecular formula is C18H21N3. The van der Waals surface area contributed by atoms with Crippen molar-refractivity contribution < 1.29 is 0 Å². The summed E-state index contributed by atoms with van der Waals surface area (Å²) in [5.41, 5.74) is 3.74. The number of nitrogens with one attached hydrogen (secondary N) is 2. The van der Waals surface area contributed by atoms with E-state index in [2.05, 4.69) is 70.2 Å². The molecule has 0 aromatic heterocycles. The van der Waals surface area contributed by atoms with Crippen molar-refractivity contribution in [3.63, 3.8) is 0 Å². The lowest BCUT2D eigenvalue weighted by molar-refractivity contribution is 0.668. The van der Waals surface area contributed by atoms with Crippen LogP contribution in [0, 0.1) is 0 Å². The van der Waals surface area contributed by atoms with Gasteiger partial charge in [0.1, 0.15) is 0 Å². The molecule has 0 aliphatic carbocycles. The molecular weight excluding hydrogens is 258 g/mol. The number of aryl methyl sites for hydroxylation is 2. The van der Waals surface area contributed by atoms with Gasteiger partial charge < -0.3 is 10.6 Å². The van der Waals surface area contributed by atoms with Gasteiger partial charge in [0.15, 0.2) is 5.96 Å². The first-order valence-electron chi connectivity index (χ1n) is 7.59. The van der Waals surface area contributed by atoms with Gasteiger partial charge in [-0.25, -0.2) is 4.99 Å². The molecule has 0 atom stereocenters. The van der Waals surface area contributed by atoms with Crippen LogP contribution in [-0.4, -0.2) is 19.0 Å². The van der Waals surface area contributed by atoms with Crippen molar-refractivity contribution in [2.45, 2.75) is 19.3 Å². The quantitative estimate of drug-likeness (QED) is 0.902. The Hall–Kier alpha value is -2.29. The molecule has 1 aliphatic rings. The Kier molecular flexibility index (Phi) is 4.52. The molecule has 1 saturated heterocycles. The smallest absolute Gasteiger partial charge is 0.196 e. The average molecular weight is 279 g/mol.